The van der Waals surface area contributed by atoms with Gasteiger partial charge in [-0.3, -0.25) is 4.79 Å². The monoisotopic (exact) mass is 259 g/mol. The molecule has 1 atom stereocenters. The molecule has 0 aromatic carbocycles. The average molecular weight is 260 g/mol. The topological polar surface area (TPSA) is 57.0 Å². The van der Waals surface area contributed by atoms with Gasteiger partial charge >= 0.3 is 5.97 Å². The Labute approximate surface area is 89.8 Å². The molecule has 1 heterocycles. The highest BCUT2D eigenvalue weighted by Crippen LogP contribution is 2.31. The van der Waals surface area contributed by atoms with Gasteiger partial charge in [0.1, 0.15) is 11.6 Å². The number of fused-ring (bicyclic) bond motifs is 1. The Morgan fingerprint density at radius 1 is 1.71 bits per heavy atom. The second kappa shape index (κ2) is 3.68. The van der Waals surface area contributed by atoms with Gasteiger partial charge < -0.3 is 4.74 Å². The van der Waals surface area contributed by atoms with E-state index in [2.05, 4.69) is 26.3 Å². The van der Waals surface area contributed by atoms with Crippen LogP contribution in [0.5, 0.6) is 0 Å². The molecule has 0 N–H and O–H groups in total. The predicted octanol–water partition coefficient (Wildman–Crippen LogP) is 1.03. The zero-order valence-electron chi connectivity index (χ0n) is 7.73. The van der Waals surface area contributed by atoms with Crippen LogP contribution in [0.1, 0.15) is 30.7 Å². The van der Waals surface area contributed by atoms with Crippen LogP contribution in [-0.2, 0) is 16.0 Å². The zero-order valence-corrected chi connectivity index (χ0v) is 9.32. The summed E-state index contributed by atoms with van der Waals surface area (Å²) in [4.78, 5) is 11.5. The van der Waals surface area contributed by atoms with Crippen molar-refractivity contribution in [2.45, 2.75) is 25.7 Å². The Hall–Kier alpha value is -0.910. The van der Waals surface area contributed by atoms with Crippen LogP contribution < -0.4 is 0 Å². The molecule has 5 nitrogen and oxygen atoms in total. The highest BCUT2D eigenvalue weighted by molar-refractivity contribution is 9.08. The first-order chi connectivity index (χ1) is 6.72. The molecule has 0 aliphatic heterocycles. The Morgan fingerprint density at radius 3 is 3.21 bits per heavy atom. The molecule has 0 radical (unpaired) electrons. The number of aryl methyl sites for hydroxylation is 1. The van der Waals surface area contributed by atoms with Gasteiger partial charge in [-0.05, 0) is 19.8 Å². The molecule has 2 rings (SSSR count). The van der Waals surface area contributed by atoms with E-state index in [1.54, 1.807) is 6.92 Å². The van der Waals surface area contributed by atoms with Crippen molar-refractivity contribution in [1.29, 1.82) is 0 Å². The highest BCUT2D eigenvalue weighted by Gasteiger charge is 2.34. The van der Waals surface area contributed by atoms with Crippen molar-refractivity contribution in [3.63, 3.8) is 0 Å². The summed E-state index contributed by atoms with van der Waals surface area (Å²) in [6.45, 7) is 2.21. The summed E-state index contributed by atoms with van der Waals surface area (Å²) in [7, 11) is 0. The van der Waals surface area contributed by atoms with Crippen LogP contribution in [0.3, 0.4) is 0 Å². The summed E-state index contributed by atoms with van der Waals surface area (Å²) in [5, 5.41) is 8.20. The molecule has 14 heavy (non-hydrogen) atoms. The molecule has 0 fully saturated rings. The number of aromatic nitrogens is 3. The van der Waals surface area contributed by atoms with Crippen LogP contribution in [0.15, 0.2) is 0 Å². The molecule has 0 spiro atoms. The summed E-state index contributed by atoms with van der Waals surface area (Å²) >= 11 is 3.12. The van der Waals surface area contributed by atoms with Crippen LogP contribution in [0, 0.1) is 0 Å². The third-order valence-electron chi connectivity index (χ3n) is 2.26. The van der Waals surface area contributed by atoms with Gasteiger partial charge in [-0.25, -0.2) is 0 Å². The van der Waals surface area contributed by atoms with E-state index in [4.69, 9.17) is 4.74 Å². The third-order valence-corrected chi connectivity index (χ3v) is 2.58. The van der Waals surface area contributed by atoms with Crippen LogP contribution in [0.25, 0.3) is 0 Å². The molecule has 0 saturated carbocycles. The lowest BCUT2D eigenvalue weighted by Gasteiger charge is -2.06. The van der Waals surface area contributed by atoms with Gasteiger partial charge in [0.15, 0.2) is 0 Å². The Morgan fingerprint density at radius 2 is 2.50 bits per heavy atom. The lowest BCUT2D eigenvalue weighted by atomic mass is 10.1. The number of esters is 1. The van der Waals surface area contributed by atoms with Crippen molar-refractivity contribution in [2.24, 2.45) is 0 Å². The van der Waals surface area contributed by atoms with E-state index in [-0.39, 0.29) is 11.9 Å². The van der Waals surface area contributed by atoms with Crippen LogP contribution >= 0.6 is 16.1 Å². The highest BCUT2D eigenvalue weighted by atomic mass is 79.9. The molecule has 1 aromatic heterocycles. The van der Waals surface area contributed by atoms with Crippen molar-refractivity contribution in [1.82, 2.24) is 14.0 Å². The van der Waals surface area contributed by atoms with Gasteiger partial charge in [-0.15, -0.1) is 14.0 Å². The van der Waals surface area contributed by atoms with E-state index in [9.17, 15) is 4.79 Å². The fourth-order valence-electron chi connectivity index (χ4n) is 1.66. The summed E-state index contributed by atoms with van der Waals surface area (Å²) in [6.07, 6.45) is 1.56. The summed E-state index contributed by atoms with van der Waals surface area (Å²) in [5.74, 6) is -0.421. The molecule has 1 aromatic rings. The van der Waals surface area contributed by atoms with E-state index in [0.717, 1.165) is 24.2 Å². The Bertz CT molecular complexity index is 363. The number of hydrogen-bond donors (Lipinski definition) is 0. The number of carbonyl (C=O) groups excluding carboxylic acids is 1. The summed E-state index contributed by atoms with van der Waals surface area (Å²) in [6, 6.07) is 0. The van der Waals surface area contributed by atoms with E-state index >= 15 is 0 Å². The van der Waals surface area contributed by atoms with E-state index in [0.29, 0.717) is 6.61 Å². The lowest BCUT2D eigenvalue weighted by Crippen LogP contribution is -2.14. The maximum Gasteiger partial charge on any atom is 0.315 e. The smallest absolute Gasteiger partial charge is 0.315 e. The SMILES string of the molecule is CCOC(=O)[C@@H]1CCc2nn(Br)nc21. The number of nitrogens with zero attached hydrogens (tertiary/aromatic N) is 3. The maximum atomic E-state index is 11.5. The van der Waals surface area contributed by atoms with E-state index < -0.39 is 0 Å². The molecule has 6 heteroatoms. The molecule has 76 valence electrons. The third kappa shape index (κ3) is 1.54. The molecule has 0 saturated heterocycles. The van der Waals surface area contributed by atoms with Gasteiger partial charge in [0.2, 0.25) is 0 Å². The molecular formula is C8H10BrN3O2. The molecule has 0 bridgehead atoms. The fraction of sp³-hybridized carbons (Fsp3) is 0.625. The number of rotatable bonds is 2. The predicted molar refractivity (Wildman–Crippen MR) is 52.0 cm³/mol. The van der Waals surface area contributed by atoms with Gasteiger partial charge in [-0.1, -0.05) is 0 Å². The summed E-state index contributed by atoms with van der Waals surface area (Å²) in [5.41, 5.74) is 1.64. The minimum Gasteiger partial charge on any atom is -0.465 e. The first-order valence-corrected chi connectivity index (χ1v) is 5.22. The second-order valence-electron chi connectivity index (χ2n) is 3.12. The largest absolute Gasteiger partial charge is 0.465 e. The number of carbonyl (C=O) groups is 1. The fourth-order valence-corrected chi connectivity index (χ4v) is 2.02. The van der Waals surface area contributed by atoms with Gasteiger partial charge in [0, 0.05) is 0 Å². The van der Waals surface area contributed by atoms with Crippen molar-refractivity contribution >= 4 is 22.1 Å². The molecule has 1 aliphatic rings. The molecule has 0 amide bonds. The van der Waals surface area contributed by atoms with Crippen molar-refractivity contribution in [3.8, 4) is 0 Å². The first-order valence-electron chi connectivity index (χ1n) is 4.51. The minimum absolute atomic E-state index is 0.195. The van der Waals surface area contributed by atoms with Crippen LogP contribution in [-0.4, -0.2) is 26.6 Å². The standard InChI is InChI=1S/C8H10BrN3O2/c1-2-14-8(13)5-3-4-6-7(5)11-12(9)10-6/h5H,2-4H2,1H3/t5-/m1/s1. The minimum atomic E-state index is -0.226. The molecule has 0 unspecified atom stereocenters. The van der Waals surface area contributed by atoms with Gasteiger partial charge in [0.25, 0.3) is 0 Å². The van der Waals surface area contributed by atoms with Crippen LogP contribution in [0.4, 0.5) is 0 Å². The van der Waals surface area contributed by atoms with E-state index in [1.165, 1.54) is 3.82 Å². The number of hydrogen-bond acceptors (Lipinski definition) is 4. The van der Waals surface area contributed by atoms with Crippen LogP contribution in [0.2, 0.25) is 0 Å². The lowest BCUT2D eigenvalue weighted by molar-refractivity contribution is -0.145. The van der Waals surface area contributed by atoms with Gasteiger partial charge in [0.05, 0.1) is 28.4 Å². The maximum absolute atomic E-state index is 11.5. The summed E-state index contributed by atoms with van der Waals surface area (Å²) < 4.78 is 6.28. The normalized spacial score (nSPS) is 19.4. The van der Waals surface area contributed by atoms with Crippen molar-refractivity contribution < 1.29 is 9.53 Å². The number of ether oxygens (including phenoxy) is 1. The molecular weight excluding hydrogens is 250 g/mol. The van der Waals surface area contributed by atoms with Crippen molar-refractivity contribution in [3.05, 3.63) is 11.4 Å². The van der Waals surface area contributed by atoms with E-state index in [1.807, 2.05) is 0 Å². The second-order valence-corrected chi connectivity index (χ2v) is 3.75. The Kier molecular flexibility index (Phi) is 2.54. The number of halogens is 1. The Balaban J connectivity index is 2.20. The zero-order chi connectivity index (χ0) is 10.1. The quantitative estimate of drug-likeness (QED) is 0.745. The first kappa shape index (κ1) is 9.64. The van der Waals surface area contributed by atoms with Gasteiger partial charge in [-0.2, -0.15) is 0 Å². The van der Waals surface area contributed by atoms with Crippen molar-refractivity contribution in [2.75, 3.05) is 6.61 Å². The average Bonchev–Trinajstić information content (AvgIpc) is 2.62. The molecule has 1 aliphatic carbocycles.